The van der Waals surface area contributed by atoms with E-state index in [2.05, 4.69) is 0 Å². The van der Waals surface area contributed by atoms with Crippen molar-refractivity contribution in [2.24, 2.45) is 5.73 Å². The summed E-state index contributed by atoms with van der Waals surface area (Å²) < 4.78 is 55.1. The average Bonchev–Trinajstić information content (AvgIpc) is 2.29. The molecule has 0 aromatic heterocycles. The van der Waals surface area contributed by atoms with Gasteiger partial charge in [-0.15, -0.1) is 0 Å². The lowest BCUT2D eigenvalue weighted by Crippen LogP contribution is -2.25. The van der Waals surface area contributed by atoms with Gasteiger partial charge in [0.15, 0.2) is 0 Å². The number of aliphatic hydroxyl groups excluding tert-OH is 1. The number of hydrogen-bond donors (Lipinski definition) is 2. The highest BCUT2D eigenvalue weighted by Crippen LogP contribution is 2.31. The van der Waals surface area contributed by atoms with Gasteiger partial charge in [-0.2, -0.15) is 13.2 Å². The molecule has 0 aliphatic heterocycles. The molecule has 0 aliphatic carbocycles. The van der Waals surface area contributed by atoms with Crippen LogP contribution in [0.2, 0.25) is 0 Å². The summed E-state index contributed by atoms with van der Waals surface area (Å²) in [6.45, 7) is -0.243. The maximum Gasteiger partial charge on any atom is 0.419 e. The van der Waals surface area contributed by atoms with E-state index in [0.717, 1.165) is 6.07 Å². The van der Waals surface area contributed by atoms with Crippen molar-refractivity contribution in [3.63, 3.8) is 0 Å². The molecule has 3 N–H and O–H groups in total. The van der Waals surface area contributed by atoms with Crippen LogP contribution < -0.4 is 5.73 Å². The van der Waals surface area contributed by atoms with Crippen molar-refractivity contribution < 1.29 is 27.4 Å². The normalized spacial score (nSPS) is 13.7. The molecule has 0 bridgehead atoms. The highest BCUT2D eigenvalue weighted by atomic mass is 19.4. The zero-order chi connectivity index (χ0) is 13.8. The molecule has 3 nitrogen and oxygen atoms in total. The highest BCUT2D eigenvalue weighted by Gasteiger charge is 2.34. The third-order valence-electron chi connectivity index (χ3n) is 2.19. The standard InChI is InChI=1S/C11H13F4NO2/c12-10-2-1-7(3-9(10)11(13,14)15)5-18-6-8(17)4-16/h1-3,8,17H,4-6,16H2/t8-/m0/s1. The van der Waals surface area contributed by atoms with Crippen LogP contribution in [0.1, 0.15) is 11.1 Å². The van der Waals surface area contributed by atoms with E-state index >= 15 is 0 Å². The Hall–Kier alpha value is -1.18. The van der Waals surface area contributed by atoms with Gasteiger partial charge in [0.1, 0.15) is 5.82 Å². The fraction of sp³-hybridized carbons (Fsp3) is 0.455. The number of halogens is 4. The molecule has 0 saturated heterocycles. The van der Waals surface area contributed by atoms with Gasteiger partial charge < -0.3 is 15.6 Å². The van der Waals surface area contributed by atoms with E-state index in [-0.39, 0.29) is 25.3 Å². The van der Waals surface area contributed by atoms with Crippen molar-refractivity contribution in [1.82, 2.24) is 0 Å². The second kappa shape index (κ2) is 6.12. The summed E-state index contributed by atoms with van der Waals surface area (Å²) in [5.41, 5.74) is 3.97. The van der Waals surface area contributed by atoms with Gasteiger partial charge in [0.05, 0.1) is 24.9 Å². The summed E-state index contributed by atoms with van der Waals surface area (Å²) >= 11 is 0. The highest BCUT2D eigenvalue weighted by molar-refractivity contribution is 5.26. The molecule has 102 valence electrons. The fourth-order valence-electron chi connectivity index (χ4n) is 1.26. The monoisotopic (exact) mass is 267 g/mol. The number of alkyl halides is 3. The topological polar surface area (TPSA) is 55.5 Å². The Labute approximate surface area is 101 Å². The van der Waals surface area contributed by atoms with E-state index < -0.39 is 23.7 Å². The average molecular weight is 267 g/mol. The largest absolute Gasteiger partial charge is 0.419 e. The Kier molecular flexibility index (Phi) is 5.06. The van der Waals surface area contributed by atoms with Gasteiger partial charge in [0, 0.05) is 6.54 Å². The SMILES string of the molecule is NC[C@H](O)COCc1ccc(F)c(C(F)(F)F)c1. The predicted molar refractivity (Wildman–Crippen MR) is 56.1 cm³/mol. The summed E-state index contributed by atoms with van der Waals surface area (Å²) in [7, 11) is 0. The molecule has 0 fully saturated rings. The second-order valence-corrected chi connectivity index (χ2v) is 3.72. The number of ether oxygens (including phenoxy) is 1. The number of aliphatic hydroxyl groups is 1. The number of hydrogen-bond acceptors (Lipinski definition) is 3. The van der Waals surface area contributed by atoms with Crippen molar-refractivity contribution in [2.75, 3.05) is 13.2 Å². The minimum atomic E-state index is -4.74. The predicted octanol–water partition coefficient (Wildman–Crippen LogP) is 1.68. The molecular weight excluding hydrogens is 254 g/mol. The second-order valence-electron chi connectivity index (χ2n) is 3.72. The first kappa shape index (κ1) is 14.9. The van der Waals surface area contributed by atoms with Gasteiger partial charge in [-0.25, -0.2) is 4.39 Å². The van der Waals surface area contributed by atoms with Crippen LogP contribution in [0.5, 0.6) is 0 Å². The van der Waals surface area contributed by atoms with Crippen LogP contribution in [-0.2, 0) is 17.5 Å². The minimum absolute atomic E-state index is 0.00276. The molecule has 1 rings (SSSR count). The Balaban J connectivity index is 2.68. The molecule has 1 aromatic rings. The van der Waals surface area contributed by atoms with Crippen molar-refractivity contribution >= 4 is 0 Å². The molecule has 0 radical (unpaired) electrons. The van der Waals surface area contributed by atoms with E-state index in [0.29, 0.717) is 6.07 Å². The van der Waals surface area contributed by atoms with E-state index in [9.17, 15) is 17.6 Å². The number of benzene rings is 1. The van der Waals surface area contributed by atoms with E-state index in [1.165, 1.54) is 6.07 Å². The van der Waals surface area contributed by atoms with Gasteiger partial charge in [-0.3, -0.25) is 0 Å². The van der Waals surface area contributed by atoms with Gasteiger partial charge in [0.25, 0.3) is 0 Å². The lowest BCUT2D eigenvalue weighted by atomic mass is 10.1. The van der Waals surface area contributed by atoms with E-state index in [4.69, 9.17) is 15.6 Å². The van der Waals surface area contributed by atoms with Crippen molar-refractivity contribution in [3.8, 4) is 0 Å². The Bertz CT molecular complexity index is 395. The van der Waals surface area contributed by atoms with E-state index in [1.54, 1.807) is 0 Å². The van der Waals surface area contributed by atoms with Crippen LogP contribution in [-0.4, -0.2) is 24.4 Å². The smallest absolute Gasteiger partial charge is 0.389 e. The van der Waals surface area contributed by atoms with Gasteiger partial charge in [-0.1, -0.05) is 6.07 Å². The Morgan fingerprint density at radius 3 is 2.56 bits per heavy atom. The molecule has 7 heteroatoms. The molecule has 0 aliphatic rings. The molecular formula is C11H13F4NO2. The molecule has 0 heterocycles. The Morgan fingerprint density at radius 1 is 1.33 bits per heavy atom. The number of nitrogens with two attached hydrogens (primary N) is 1. The third kappa shape index (κ3) is 4.25. The maximum atomic E-state index is 13.0. The van der Waals surface area contributed by atoms with Crippen molar-refractivity contribution in [1.29, 1.82) is 0 Å². The molecule has 0 unspecified atom stereocenters. The zero-order valence-corrected chi connectivity index (χ0v) is 9.38. The fourth-order valence-corrected chi connectivity index (χ4v) is 1.26. The van der Waals surface area contributed by atoms with Crippen molar-refractivity contribution in [2.45, 2.75) is 18.9 Å². The molecule has 0 amide bonds. The molecule has 1 aromatic carbocycles. The van der Waals surface area contributed by atoms with Crippen molar-refractivity contribution in [3.05, 3.63) is 35.1 Å². The van der Waals surface area contributed by atoms with Crippen LogP contribution in [0.15, 0.2) is 18.2 Å². The summed E-state index contributed by atoms with van der Waals surface area (Å²) in [6.07, 6.45) is -5.61. The lowest BCUT2D eigenvalue weighted by Gasteiger charge is -2.11. The molecule has 0 spiro atoms. The third-order valence-corrected chi connectivity index (χ3v) is 2.19. The van der Waals surface area contributed by atoms with Gasteiger partial charge >= 0.3 is 6.18 Å². The minimum Gasteiger partial charge on any atom is -0.389 e. The number of rotatable bonds is 5. The molecule has 1 atom stereocenters. The first-order valence-electron chi connectivity index (χ1n) is 5.16. The molecule has 18 heavy (non-hydrogen) atoms. The first-order chi connectivity index (χ1) is 8.34. The van der Waals surface area contributed by atoms with Gasteiger partial charge in [0.2, 0.25) is 0 Å². The van der Waals surface area contributed by atoms with Crippen LogP contribution >= 0.6 is 0 Å². The van der Waals surface area contributed by atoms with E-state index in [1.807, 2.05) is 0 Å². The van der Waals surface area contributed by atoms with Crippen LogP contribution in [0, 0.1) is 5.82 Å². The summed E-state index contributed by atoms with van der Waals surface area (Å²) in [4.78, 5) is 0. The quantitative estimate of drug-likeness (QED) is 0.798. The summed E-state index contributed by atoms with van der Waals surface area (Å²) in [6, 6.07) is 2.62. The van der Waals surface area contributed by atoms with Crippen LogP contribution in [0.4, 0.5) is 17.6 Å². The lowest BCUT2D eigenvalue weighted by molar-refractivity contribution is -0.140. The zero-order valence-electron chi connectivity index (χ0n) is 9.38. The van der Waals surface area contributed by atoms with Crippen LogP contribution in [0.25, 0.3) is 0 Å². The summed E-state index contributed by atoms with van der Waals surface area (Å²) in [5.74, 6) is -1.33. The van der Waals surface area contributed by atoms with Crippen LogP contribution in [0.3, 0.4) is 0 Å². The Morgan fingerprint density at radius 2 is 2.00 bits per heavy atom. The first-order valence-corrected chi connectivity index (χ1v) is 5.16. The van der Waals surface area contributed by atoms with Gasteiger partial charge in [-0.05, 0) is 17.7 Å². The molecule has 0 saturated carbocycles. The maximum absolute atomic E-state index is 13.0. The summed E-state index contributed by atoms with van der Waals surface area (Å²) in [5, 5.41) is 9.07.